The number of nitrogens with zero attached hydrogens (tertiary/aromatic N) is 3. The molecule has 0 spiro atoms. The minimum Gasteiger partial charge on any atom is -0.310 e. The van der Waals surface area contributed by atoms with Gasteiger partial charge in [-0.2, -0.15) is 16.9 Å². The van der Waals surface area contributed by atoms with Gasteiger partial charge >= 0.3 is 0 Å². The third-order valence-electron chi connectivity index (χ3n) is 4.38. The highest BCUT2D eigenvalue weighted by molar-refractivity contribution is 7.99. The van der Waals surface area contributed by atoms with Gasteiger partial charge in [0.05, 0.1) is 11.7 Å². The van der Waals surface area contributed by atoms with E-state index in [0.717, 1.165) is 13.1 Å². The van der Waals surface area contributed by atoms with Crippen molar-refractivity contribution >= 4 is 11.8 Å². The second kappa shape index (κ2) is 7.48. The molecular formula is C15H26N4S. The quantitative estimate of drug-likeness (QED) is 0.815. The molecule has 0 atom stereocenters. The summed E-state index contributed by atoms with van der Waals surface area (Å²) in [4.78, 5) is 2.56. The summed E-state index contributed by atoms with van der Waals surface area (Å²) >= 11 is 2.07. The van der Waals surface area contributed by atoms with E-state index >= 15 is 0 Å². The maximum Gasteiger partial charge on any atom is 0.0762 e. The van der Waals surface area contributed by atoms with Crippen molar-refractivity contribution in [2.75, 3.05) is 37.7 Å². The highest BCUT2D eigenvalue weighted by atomic mass is 32.2. The van der Waals surface area contributed by atoms with Crippen molar-refractivity contribution in [2.24, 2.45) is 0 Å². The Kier molecular flexibility index (Phi) is 5.39. The lowest BCUT2D eigenvalue weighted by Gasteiger charge is -2.25. The lowest BCUT2D eigenvalue weighted by atomic mass is 10.3. The van der Waals surface area contributed by atoms with Crippen LogP contribution < -0.4 is 5.32 Å². The first-order chi connectivity index (χ1) is 9.92. The van der Waals surface area contributed by atoms with Crippen molar-refractivity contribution < 1.29 is 0 Å². The highest BCUT2D eigenvalue weighted by Gasteiger charge is 2.17. The zero-order chi connectivity index (χ0) is 13.6. The molecule has 0 bridgehead atoms. The van der Waals surface area contributed by atoms with Gasteiger partial charge in [0.15, 0.2) is 0 Å². The first-order valence-electron chi connectivity index (χ1n) is 7.97. The second-order valence-electron chi connectivity index (χ2n) is 5.86. The van der Waals surface area contributed by atoms with Crippen molar-refractivity contribution in [1.29, 1.82) is 0 Å². The van der Waals surface area contributed by atoms with Crippen LogP contribution in [0.2, 0.25) is 0 Å². The molecule has 3 rings (SSSR count). The molecule has 2 aliphatic rings. The van der Waals surface area contributed by atoms with Gasteiger partial charge in [0.2, 0.25) is 0 Å². The summed E-state index contributed by atoms with van der Waals surface area (Å²) < 4.78 is 2.19. The fraction of sp³-hybridized carbons (Fsp3) is 0.800. The van der Waals surface area contributed by atoms with E-state index in [1.54, 1.807) is 0 Å². The van der Waals surface area contributed by atoms with Crippen molar-refractivity contribution in [3.05, 3.63) is 18.0 Å². The van der Waals surface area contributed by atoms with Crippen LogP contribution in [0.25, 0.3) is 0 Å². The van der Waals surface area contributed by atoms with Gasteiger partial charge in [0.25, 0.3) is 0 Å². The molecule has 0 radical (unpaired) electrons. The normalized spacial score (nSPS) is 21.6. The van der Waals surface area contributed by atoms with E-state index in [-0.39, 0.29) is 0 Å². The van der Waals surface area contributed by atoms with Gasteiger partial charge in [-0.05, 0) is 18.9 Å². The number of nitrogens with one attached hydrogen (secondary N) is 1. The lowest BCUT2D eigenvalue weighted by Crippen LogP contribution is -2.37. The molecule has 1 N–H and O–H groups in total. The predicted octanol–water partition coefficient (Wildman–Crippen LogP) is 2.14. The monoisotopic (exact) mass is 294 g/mol. The number of thioether (sulfide) groups is 1. The van der Waals surface area contributed by atoms with E-state index in [9.17, 15) is 0 Å². The molecule has 2 fully saturated rings. The maximum absolute atomic E-state index is 4.71. The zero-order valence-electron chi connectivity index (χ0n) is 12.3. The van der Waals surface area contributed by atoms with Gasteiger partial charge in [-0.3, -0.25) is 4.68 Å². The van der Waals surface area contributed by atoms with Gasteiger partial charge in [0, 0.05) is 50.4 Å². The minimum atomic E-state index is 0.662. The Hall–Kier alpha value is -0.520. The molecule has 5 heteroatoms. The molecule has 1 aromatic rings. The zero-order valence-corrected chi connectivity index (χ0v) is 13.1. The molecule has 0 aromatic carbocycles. The Balaban J connectivity index is 1.35. The number of hydrogen-bond acceptors (Lipinski definition) is 4. The molecule has 20 heavy (non-hydrogen) atoms. The van der Waals surface area contributed by atoms with E-state index in [0.29, 0.717) is 6.04 Å². The third kappa shape index (κ3) is 3.99. The lowest BCUT2D eigenvalue weighted by molar-refractivity contribution is 0.300. The first kappa shape index (κ1) is 14.4. The molecule has 0 amide bonds. The van der Waals surface area contributed by atoms with Gasteiger partial charge in [-0.1, -0.05) is 12.8 Å². The van der Waals surface area contributed by atoms with Crippen LogP contribution in [-0.4, -0.2) is 52.4 Å². The van der Waals surface area contributed by atoms with Gasteiger partial charge in [-0.15, -0.1) is 0 Å². The van der Waals surface area contributed by atoms with E-state index in [1.165, 1.54) is 62.5 Å². The van der Waals surface area contributed by atoms with Crippen LogP contribution in [0.3, 0.4) is 0 Å². The van der Waals surface area contributed by atoms with Crippen molar-refractivity contribution in [1.82, 2.24) is 20.0 Å². The predicted molar refractivity (Wildman–Crippen MR) is 85.2 cm³/mol. The van der Waals surface area contributed by atoms with Crippen molar-refractivity contribution in [3.8, 4) is 0 Å². The Bertz CT molecular complexity index is 394. The molecule has 4 nitrogen and oxygen atoms in total. The Labute approximate surface area is 126 Å². The maximum atomic E-state index is 4.71. The summed E-state index contributed by atoms with van der Waals surface area (Å²) in [5.74, 6) is 2.59. The Morgan fingerprint density at radius 3 is 2.85 bits per heavy atom. The summed E-state index contributed by atoms with van der Waals surface area (Å²) in [6.07, 6.45) is 7.51. The topological polar surface area (TPSA) is 33.1 Å². The Morgan fingerprint density at radius 2 is 2.05 bits per heavy atom. The largest absolute Gasteiger partial charge is 0.310 e. The van der Waals surface area contributed by atoms with E-state index in [4.69, 9.17) is 5.10 Å². The average Bonchev–Trinajstić information content (AvgIpc) is 3.15. The SMILES string of the molecule is c1cn(C2CCCC2)nc1CNCCN1CCSCC1. The molecule has 1 aliphatic heterocycles. The first-order valence-corrected chi connectivity index (χ1v) is 9.12. The minimum absolute atomic E-state index is 0.662. The smallest absolute Gasteiger partial charge is 0.0762 e. The number of rotatable bonds is 6. The summed E-state index contributed by atoms with van der Waals surface area (Å²) in [5, 5.41) is 8.24. The summed E-state index contributed by atoms with van der Waals surface area (Å²) in [5.41, 5.74) is 1.19. The number of aromatic nitrogens is 2. The van der Waals surface area contributed by atoms with E-state index in [1.807, 2.05) is 0 Å². The fourth-order valence-electron chi connectivity index (χ4n) is 3.12. The standard InChI is InChI=1S/C15H26N4S/c1-2-4-15(3-1)19-7-5-14(17-19)13-16-6-8-18-9-11-20-12-10-18/h5,7,15-16H,1-4,6,8-13H2. The van der Waals surface area contributed by atoms with Crippen LogP contribution in [0.1, 0.15) is 37.4 Å². The van der Waals surface area contributed by atoms with Gasteiger partial charge in [-0.25, -0.2) is 0 Å². The van der Waals surface area contributed by atoms with Crippen molar-refractivity contribution in [2.45, 2.75) is 38.3 Å². The molecule has 1 saturated carbocycles. The molecule has 2 heterocycles. The highest BCUT2D eigenvalue weighted by Crippen LogP contribution is 2.28. The summed E-state index contributed by atoms with van der Waals surface area (Å²) in [6.45, 7) is 5.65. The summed E-state index contributed by atoms with van der Waals surface area (Å²) in [7, 11) is 0. The van der Waals surface area contributed by atoms with Crippen LogP contribution in [-0.2, 0) is 6.54 Å². The fourth-order valence-corrected chi connectivity index (χ4v) is 4.10. The number of hydrogen-bond donors (Lipinski definition) is 1. The van der Waals surface area contributed by atoms with Crippen LogP contribution in [0.5, 0.6) is 0 Å². The molecule has 1 aromatic heterocycles. The second-order valence-corrected chi connectivity index (χ2v) is 7.08. The van der Waals surface area contributed by atoms with E-state index < -0.39 is 0 Å². The van der Waals surface area contributed by atoms with Crippen LogP contribution in [0.4, 0.5) is 0 Å². The molecule has 112 valence electrons. The molecule has 1 aliphatic carbocycles. The van der Waals surface area contributed by atoms with Crippen LogP contribution >= 0.6 is 11.8 Å². The Morgan fingerprint density at radius 1 is 1.25 bits per heavy atom. The van der Waals surface area contributed by atoms with Crippen LogP contribution in [0, 0.1) is 0 Å². The van der Waals surface area contributed by atoms with E-state index in [2.05, 4.69) is 38.9 Å². The van der Waals surface area contributed by atoms with Crippen LogP contribution in [0.15, 0.2) is 12.3 Å². The van der Waals surface area contributed by atoms with Crippen molar-refractivity contribution in [3.63, 3.8) is 0 Å². The average molecular weight is 294 g/mol. The van der Waals surface area contributed by atoms with Gasteiger partial charge in [0.1, 0.15) is 0 Å². The molecule has 0 unspecified atom stereocenters. The molecule has 1 saturated heterocycles. The van der Waals surface area contributed by atoms with Gasteiger partial charge < -0.3 is 10.2 Å². The third-order valence-corrected chi connectivity index (χ3v) is 5.32. The molecular weight excluding hydrogens is 268 g/mol. The summed E-state index contributed by atoms with van der Waals surface area (Å²) in [6, 6.07) is 2.83.